The molecule has 0 amide bonds. The summed E-state index contributed by atoms with van der Waals surface area (Å²) in [6.45, 7) is 0.833. The summed E-state index contributed by atoms with van der Waals surface area (Å²) in [4.78, 5) is 4.11. The Balaban J connectivity index is 2.12. The molecule has 3 heteroatoms. The Bertz CT molecular complexity index is 443. The molecular weight excluding hydrogens is 200 g/mol. The molecule has 2 rings (SSSR count). The molecular formula is C13H14N2O. The molecule has 2 aromatic rings. The Kier molecular flexibility index (Phi) is 3.51. The van der Waals surface area contributed by atoms with E-state index < -0.39 is 0 Å². The maximum absolute atomic E-state index is 5.63. The monoisotopic (exact) mass is 214 g/mol. The number of nitrogens with zero attached hydrogens (tertiary/aromatic N) is 1. The summed E-state index contributed by atoms with van der Waals surface area (Å²) in [5.41, 5.74) is 1.19. The predicted molar refractivity (Wildman–Crippen MR) is 63.5 cm³/mol. The third-order valence-corrected chi connectivity index (χ3v) is 2.14. The Hall–Kier alpha value is -1.87. The number of rotatable bonds is 4. The van der Waals surface area contributed by atoms with Gasteiger partial charge in [0.15, 0.2) is 0 Å². The number of ether oxygens (including phenoxy) is 1. The fourth-order valence-corrected chi connectivity index (χ4v) is 1.45. The van der Waals surface area contributed by atoms with Gasteiger partial charge < -0.3 is 10.1 Å². The number of hydrogen-bond donors (Lipinski definition) is 1. The van der Waals surface area contributed by atoms with Crippen molar-refractivity contribution in [2.45, 2.75) is 6.54 Å². The van der Waals surface area contributed by atoms with Crippen LogP contribution in [0.25, 0.3) is 0 Å². The number of pyridine rings is 1. The van der Waals surface area contributed by atoms with Gasteiger partial charge in [0.1, 0.15) is 5.75 Å². The van der Waals surface area contributed by atoms with Gasteiger partial charge in [-0.05, 0) is 30.8 Å². The van der Waals surface area contributed by atoms with Crippen LogP contribution in [0.1, 0.15) is 5.56 Å². The fraction of sp³-hybridized carbons (Fsp3) is 0.154. The van der Waals surface area contributed by atoms with Crippen LogP contribution in [0.5, 0.6) is 11.6 Å². The summed E-state index contributed by atoms with van der Waals surface area (Å²) in [7, 11) is 1.92. The lowest BCUT2D eigenvalue weighted by atomic mass is 10.2. The van der Waals surface area contributed by atoms with Gasteiger partial charge >= 0.3 is 0 Å². The van der Waals surface area contributed by atoms with Gasteiger partial charge in [0.2, 0.25) is 5.88 Å². The number of benzene rings is 1. The van der Waals surface area contributed by atoms with Gasteiger partial charge in [-0.1, -0.05) is 18.2 Å². The molecule has 0 radical (unpaired) electrons. The van der Waals surface area contributed by atoms with Gasteiger partial charge in [-0.25, -0.2) is 4.98 Å². The quantitative estimate of drug-likeness (QED) is 0.849. The van der Waals surface area contributed by atoms with Gasteiger partial charge in [0, 0.05) is 18.8 Å². The predicted octanol–water partition coefficient (Wildman–Crippen LogP) is 2.59. The van der Waals surface area contributed by atoms with E-state index in [1.807, 2.05) is 43.4 Å². The molecule has 0 aliphatic heterocycles. The van der Waals surface area contributed by atoms with Crippen LogP contribution in [-0.2, 0) is 6.54 Å². The second-order valence-electron chi connectivity index (χ2n) is 3.45. The molecule has 3 nitrogen and oxygen atoms in total. The van der Waals surface area contributed by atoms with Crippen LogP contribution in [0.3, 0.4) is 0 Å². The molecule has 0 spiro atoms. The molecule has 1 aromatic carbocycles. The van der Waals surface area contributed by atoms with Gasteiger partial charge in [-0.3, -0.25) is 0 Å². The maximum Gasteiger partial charge on any atom is 0.219 e. The highest BCUT2D eigenvalue weighted by Crippen LogP contribution is 2.19. The van der Waals surface area contributed by atoms with Crippen molar-refractivity contribution in [1.82, 2.24) is 10.3 Å². The average molecular weight is 214 g/mol. The molecule has 16 heavy (non-hydrogen) atoms. The second kappa shape index (κ2) is 5.28. The van der Waals surface area contributed by atoms with Crippen LogP contribution in [-0.4, -0.2) is 12.0 Å². The van der Waals surface area contributed by atoms with E-state index in [1.54, 1.807) is 6.20 Å². The van der Waals surface area contributed by atoms with Gasteiger partial charge in [0.05, 0.1) is 0 Å². The van der Waals surface area contributed by atoms with E-state index in [-0.39, 0.29) is 0 Å². The van der Waals surface area contributed by atoms with Crippen molar-refractivity contribution in [2.24, 2.45) is 0 Å². The SMILES string of the molecule is CNCc1cccc(Oc2ccccn2)c1. The standard InChI is InChI=1S/C13H14N2O/c1-14-10-11-5-4-6-12(9-11)16-13-7-2-3-8-15-13/h2-9,14H,10H2,1H3. The zero-order chi connectivity index (χ0) is 11.2. The molecule has 0 saturated carbocycles. The van der Waals surface area contributed by atoms with Crippen LogP contribution in [0.2, 0.25) is 0 Å². The Labute approximate surface area is 95.1 Å². The molecule has 0 atom stereocenters. The van der Waals surface area contributed by atoms with Crippen LogP contribution in [0, 0.1) is 0 Å². The van der Waals surface area contributed by atoms with Crippen LogP contribution >= 0.6 is 0 Å². The van der Waals surface area contributed by atoms with Gasteiger partial charge in [-0.2, -0.15) is 0 Å². The summed E-state index contributed by atoms with van der Waals surface area (Å²) in [5.74, 6) is 1.43. The van der Waals surface area contributed by atoms with Crippen molar-refractivity contribution >= 4 is 0 Å². The second-order valence-corrected chi connectivity index (χ2v) is 3.45. The van der Waals surface area contributed by atoms with E-state index in [2.05, 4.69) is 16.4 Å². The van der Waals surface area contributed by atoms with Crippen LogP contribution < -0.4 is 10.1 Å². The Morgan fingerprint density at radius 2 is 2.12 bits per heavy atom. The minimum Gasteiger partial charge on any atom is -0.439 e. The van der Waals surface area contributed by atoms with Crippen LogP contribution in [0.4, 0.5) is 0 Å². The molecule has 0 aliphatic rings. The van der Waals surface area contributed by atoms with Crippen molar-refractivity contribution in [2.75, 3.05) is 7.05 Å². The maximum atomic E-state index is 5.63. The summed E-state index contributed by atoms with van der Waals surface area (Å²) in [6.07, 6.45) is 1.72. The third-order valence-electron chi connectivity index (χ3n) is 2.14. The van der Waals surface area contributed by atoms with E-state index in [0.29, 0.717) is 5.88 Å². The van der Waals surface area contributed by atoms with E-state index in [4.69, 9.17) is 4.74 Å². The smallest absolute Gasteiger partial charge is 0.219 e. The van der Waals surface area contributed by atoms with Gasteiger partial charge in [-0.15, -0.1) is 0 Å². The first-order valence-corrected chi connectivity index (χ1v) is 5.21. The molecule has 0 saturated heterocycles. The highest BCUT2D eigenvalue weighted by Gasteiger charge is 1.98. The molecule has 0 bridgehead atoms. The molecule has 1 N–H and O–H groups in total. The highest BCUT2D eigenvalue weighted by molar-refractivity contribution is 5.31. The summed E-state index contributed by atoms with van der Waals surface area (Å²) in [5, 5.41) is 3.10. The molecule has 1 heterocycles. The van der Waals surface area contributed by atoms with E-state index in [9.17, 15) is 0 Å². The Morgan fingerprint density at radius 1 is 1.19 bits per heavy atom. The van der Waals surface area contributed by atoms with Crippen molar-refractivity contribution in [3.63, 3.8) is 0 Å². The average Bonchev–Trinajstić information content (AvgIpc) is 2.31. The molecule has 0 fully saturated rings. The molecule has 0 aliphatic carbocycles. The first kappa shape index (κ1) is 10.6. The molecule has 0 unspecified atom stereocenters. The molecule has 82 valence electrons. The lowest BCUT2D eigenvalue weighted by Gasteiger charge is -2.06. The first-order valence-electron chi connectivity index (χ1n) is 5.21. The van der Waals surface area contributed by atoms with E-state index >= 15 is 0 Å². The van der Waals surface area contributed by atoms with Crippen molar-refractivity contribution in [3.05, 3.63) is 54.2 Å². The zero-order valence-corrected chi connectivity index (χ0v) is 9.18. The largest absolute Gasteiger partial charge is 0.439 e. The lowest BCUT2D eigenvalue weighted by molar-refractivity contribution is 0.462. The number of nitrogens with one attached hydrogen (secondary N) is 1. The first-order chi connectivity index (χ1) is 7.88. The van der Waals surface area contributed by atoms with Crippen LogP contribution in [0.15, 0.2) is 48.7 Å². The topological polar surface area (TPSA) is 34.1 Å². The van der Waals surface area contributed by atoms with Crippen molar-refractivity contribution in [1.29, 1.82) is 0 Å². The fourth-order valence-electron chi connectivity index (χ4n) is 1.45. The minimum atomic E-state index is 0.615. The van der Waals surface area contributed by atoms with E-state index in [1.165, 1.54) is 5.56 Å². The van der Waals surface area contributed by atoms with Crippen molar-refractivity contribution in [3.8, 4) is 11.6 Å². The summed E-state index contributed by atoms with van der Waals surface area (Å²) >= 11 is 0. The third kappa shape index (κ3) is 2.81. The number of hydrogen-bond acceptors (Lipinski definition) is 3. The zero-order valence-electron chi connectivity index (χ0n) is 9.18. The molecule has 1 aromatic heterocycles. The van der Waals surface area contributed by atoms with Gasteiger partial charge in [0.25, 0.3) is 0 Å². The Morgan fingerprint density at radius 3 is 2.88 bits per heavy atom. The number of aromatic nitrogens is 1. The van der Waals surface area contributed by atoms with Crippen molar-refractivity contribution < 1.29 is 4.74 Å². The lowest BCUT2D eigenvalue weighted by Crippen LogP contribution is -2.04. The summed E-state index contributed by atoms with van der Waals surface area (Å²) in [6, 6.07) is 13.6. The normalized spacial score (nSPS) is 10.1. The minimum absolute atomic E-state index is 0.615. The highest BCUT2D eigenvalue weighted by atomic mass is 16.5. The summed E-state index contributed by atoms with van der Waals surface area (Å²) < 4.78 is 5.63. The van der Waals surface area contributed by atoms with E-state index in [0.717, 1.165) is 12.3 Å².